The van der Waals surface area contributed by atoms with Gasteiger partial charge in [0.25, 0.3) is 5.91 Å². The summed E-state index contributed by atoms with van der Waals surface area (Å²) in [5.74, 6) is -1.27. The van der Waals surface area contributed by atoms with E-state index in [1.165, 1.54) is 40.5 Å². The number of carbonyl (C=O) groups excluding carboxylic acids is 2. The van der Waals surface area contributed by atoms with E-state index in [0.717, 1.165) is 0 Å². The number of likely N-dealkylation sites (N-methyl/N-ethyl adjacent to an activating group) is 1. The first-order valence-corrected chi connectivity index (χ1v) is 9.90. The Labute approximate surface area is 160 Å². The second-order valence-electron chi connectivity index (χ2n) is 6.31. The molecule has 0 aliphatic carbocycles. The third-order valence-corrected chi connectivity index (χ3v) is 6.31. The molecule has 0 saturated carbocycles. The molecule has 1 amide bonds. The minimum absolute atomic E-state index is 0.0781. The van der Waals surface area contributed by atoms with E-state index >= 15 is 0 Å². The molecular formula is C18H25N3O5S. The van der Waals surface area contributed by atoms with E-state index in [0.29, 0.717) is 13.1 Å². The summed E-state index contributed by atoms with van der Waals surface area (Å²) in [5, 5.41) is 9.03. The molecule has 0 N–H and O–H groups in total. The van der Waals surface area contributed by atoms with Gasteiger partial charge in [0.15, 0.2) is 6.61 Å². The number of ether oxygens (including phenoxy) is 1. The molecule has 0 saturated heterocycles. The van der Waals surface area contributed by atoms with Crippen molar-refractivity contribution >= 4 is 21.9 Å². The van der Waals surface area contributed by atoms with Gasteiger partial charge in [-0.1, -0.05) is 13.8 Å². The minimum Gasteiger partial charge on any atom is -0.452 e. The van der Waals surface area contributed by atoms with Crippen LogP contribution in [0.25, 0.3) is 0 Å². The maximum atomic E-state index is 12.4. The van der Waals surface area contributed by atoms with Crippen molar-refractivity contribution in [3.05, 3.63) is 29.8 Å². The van der Waals surface area contributed by atoms with Gasteiger partial charge in [-0.2, -0.15) is 9.57 Å². The van der Waals surface area contributed by atoms with Gasteiger partial charge >= 0.3 is 5.97 Å². The lowest BCUT2D eigenvalue weighted by Crippen LogP contribution is -2.45. The molecule has 148 valence electrons. The van der Waals surface area contributed by atoms with E-state index in [9.17, 15) is 18.0 Å². The zero-order chi connectivity index (χ0) is 20.8. The van der Waals surface area contributed by atoms with E-state index in [-0.39, 0.29) is 10.5 Å². The van der Waals surface area contributed by atoms with E-state index in [2.05, 4.69) is 0 Å². The second-order valence-corrected chi connectivity index (χ2v) is 8.25. The Balaban J connectivity index is 2.81. The van der Waals surface area contributed by atoms with Crippen molar-refractivity contribution in [1.82, 2.24) is 9.21 Å². The molecular weight excluding hydrogens is 370 g/mol. The number of nitrogens with zero attached hydrogens (tertiary/aromatic N) is 3. The number of esters is 1. The van der Waals surface area contributed by atoms with E-state index < -0.39 is 34.0 Å². The van der Waals surface area contributed by atoms with Crippen LogP contribution in [0.2, 0.25) is 0 Å². The van der Waals surface area contributed by atoms with Crippen LogP contribution in [-0.2, 0) is 19.6 Å². The summed E-state index contributed by atoms with van der Waals surface area (Å²) in [7, 11) is -2.16. The maximum absolute atomic E-state index is 12.4. The SMILES string of the molecule is CCN(CC)S(=O)(=O)c1ccc(C(=O)OCC(=O)N(C)C(C)(C)C#N)cc1. The summed E-state index contributed by atoms with van der Waals surface area (Å²) in [4.78, 5) is 25.4. The van der Waals surface area contributed by atoms with Crippen LogP contribution in [-0.4, -0.2) is 61.8 Å². The third-order valence-electron chi connectivity index (χ3n) is 4.25. The molecule has 8 nitrogen and oxygen atoms in total. The van der Waals surface area contributed by atoms with Crippen LogP contribution in [0.1, 0.15) is 38.1 Å². The predicted molar refractivity (Wildman–Crippen MR) is 99.3 cm³/mol. The molecule has 1 aromatic carbocycles. The highest BCUT2D eigenvalue weighted by Gasteiger charge is 2.28. The minimum atomic E-state index is -3.61. The summed E-state index contributed by atoms with van der Waals surface area (Å²) in [5.41, 5.74) is -0.896. The van der Waals surface area contributed by atoms with Crippen molar-refractivity contribution in [3.63, 3.8) is 0 Å². The van der Waals surface area contributed by atoms with Crippen molar-refractivity contribution in [1.29, 1.82) is 5.26 Å². The van der Waals surface area contributed by atoms with Gasteiger partial charge in [0, 0.05) is 20.1 Å². The average molecular weight is 395 g/mol. The summed E-state index contributed by atoms with van der Waals surface area (Å²) in [6, 6.07) is 7.32. The van der Waals surface area contributed by atoms with Crippen LogP contribution in [0.4, 0.5) is 0 Å². The summed E-state index contributed by atoms with van der Waals surface area (Å²) in [6.45, 7) is 6.81. The van der Waals surface area contributed by atoms with E-state index in [1.807, 2.05) is 6.07 Å². The number of hydrogen-bond donors (Lipinski definition) is 0. The summed E-state index contributed by atoms with van der Waals surface area (Å²) in [6.07, 6.45) is 0. The Bertz CT molecular complexity index is 822. The number of benzene rings is 1. The van der Waals surface area contributed by atoms with Crippen molar-refractivity contribution < 1.29 is 22.7 Å². The molecule has 0 aliphatic rings. The monoisotopic (exact) mass is 395 g/mol. The Hall–Kier alpha value is -2.44. The lowest BCUT2D eigenvalue weighted by Gasteiger charge is -2.28. The molecule has 1 aromatic rings. The van der Waals surface area contributed by atoms with Gasteiger partial charge in [0.05, 0.1) is 16.5 Å². The fraction of sp³-hybridized carbons (Fsp3) is 0.500. The van der Waals surface area contributed by atoms with Gasteiger partial charge < -0.3 is 9.64 Å². The van der Waals surface area contributed by atoms with Gasteiger partial charge in [-0.15, -0.1) is 0 Å². The lowest BCUT2D eigenvalue weighted by atomic mass is 10.1. The zero-order valence-electron chi connectivity index (χ0n) is 16.2. The highest BCUT2D eigenvalue weighted by Crippen LogP contribution is 2.17. The molecule has 0 radical (unpaired) electrons. The standard InChI is InChI=1S/C18H25N3O5S/c1-6-21(7-2)27(24,25)15-10-8-14(9-11-15)17(23)26-12-16(22)20(5)18(3,4)13-19/h8-11H,6-7,12H2,1-5H3. The number of carbonyl (C=O) groups is 2. The average Bonchev–Trinajstić information content (AvgIpc) is 2.65. The quantitative estimate of drug-likeness (QED) is 0.619. The number of sulfonamides is 1. The molecule has 0 atom stereocenters. The molecule has 0 aromatic heterocycles. The van der Waals surface area contributed by atoms with Crippen LogP contribution in [0.15, 0.2) is 29.2 Å². The molecule has 0 spiro atoms. The number of nitriles is 1. The predicted octanol–water partition coefficient (Wildman–Crippen LogP) is 1.63. The first-order chi connectivity index (χ1) is 12.5. The Morgan fingerprint density at radius 2 is 1.67 bits per heavy atom. The summed E-state index contributed by atoms with van der Waals surface area (Å²) < 4.78 is 31.1. The topological polar surface area (TPSA) is 108 Å². The van der Waals surface area contributed by atoms with Gasteiger partial charge in [-0.25, -0.2) is 13.2 Å². The third kappa shape index (κ3) is 5.28. The van der Waals surface area contributed by atoms with Crippen molar-refractivity contribution in [3.8, 4) is 6.07 Å². The molecule has 0 heterocycles. The smallest absolute Gasteiger partial charge is 0.338 e. The number of hydrogen-bond acceptors (Lipinski definition) is 6. The molecule has 0 fully saturated rings. The zero-order valence-corrected chi connectivity index (χ0v) is 17.0. The van der Waals surface area contributed by atoms with Crippen LogP contribution in [0.5, 0.6) is 0 Å². The molecule has 0 aliphatic heterocycles. The highest BCUT2D eigenvalue weighted by atomic mass is 32.2. The van der Waals surface area contributed by atoms with Crippen LogP contribution < -0.4 is 0 Å². The first kappa shape index (κ1) is 22.6. The molecule has 9 heteroatoms. The molecule has 0 bridgehead atoms. The second kappa shape index (κ2) is 8.97. The van der Waals surface area contributed by atoms with Crippen LogP contribution in [0.3, 0.4) is 0 Å². The van der Waals surface area contributed by atoms with E-state index in [4.69, 9.17) is 10.00 Å². The van der Waals surface area contributed by atoms with Crippen molar-refractivity contribution in [2.75, 3.05) is 26.7 Å². The van der Waals surface area contributed by atoms with E-state index in [1.54, 1.807) is 27.7 Å². The normalized spacial score (nSPS) is 11.7. The fourth-order valence-electron chi connectivity index (χ4n) is 2.17. The maximum Gasteiger partial charge on any atom is 0.338 e. The van der Waals surface area contributed by atoms with Crippen molar-refractivity contribution in [2.45, 2.75) is 38.1 Å². The van der Waals surface area contributed by atoms with Gasteiger partial charge in [-0.3, -0.25) is 4.79 Å². The fourth-order valence-corrected chi connectivity index (χ4v) is 3.63. The highest BCUT2D eigenvalue weighted by molar-refractivity contribution is 7.89. The lowest BCUT2D eigenvalue weighted by molar-refractivity contribution is -0.136. The van der Waals surface area contributed by atoms with Gasteiger partial charge in [0.2, 0.25) is 10.0 Å². The molecule has 0 unspecified atom stereocenters. The van der Waals surface area contributed by atoms with Crippen LogP contribution in [0, 0.1) is 11.3 Å². The van der Waals surface area contributed by atoms with Gasteiger partial charge in [0.1, 0.15) is 5.54 Å². The largest absolute Gasteiger partial charge is 0.452 e. The Morgan fingerprint density at radius 1 is 1.15 bits per heavy atom. The Morgan fingerprint density at radius 3 is 2.11 bits per heavy atom. The molecule has 27 heavy (non-hydrogen) atoms. The number of amides is 1. The molecule has 1 rings (SSSR count). The summed E-state index contributed by atoms with van der Waals surface area (Å²) >= 11 is 0. The number of rotatable bonds is 8. The van der Waals surface area contributed by atoms with Crippen LogP contribution >= 0.6 is 0 Å². The first-order valence-electron chi connectivity index (χ1n) is 8.46. The Kier molecular flexibility index (Phi) is 7.51. The van der Waals surface area contributed by atoms with Crippen molar-refractivity contribution in [2.24, 2.45) is 0 Å². The van der Waals surface area contributed by atoms with Gasteiger partial charge in [-0.05, 0) is 38.1 Å².